The van der Waals surface area contributed by atoms with E-state index in [4.69, 9.17) is 5.73 Å². The van der Waals surface area contributed by atoms with Gasteiger partial charge in [0.25, 0.3) is 0 Å². The van der Waals surface area contributed by atoms with Gasteiger partial charge in [-0.3, -0.25) is 4.90 Å². The molecule has 1 aliphatic heterocycles. The largest absolute Gasteiger partial charge is 0.325 e. The minimum absolute atomic E-state index is 0.375. The second-order valence-electron chi connectivity index (χ2n) is 4.75. The maximum absolute atomic E-state index is 5.73. The van der Waals surface area contributed by atoms with Crippen molar-refractivity contribution in [2.24, 2.45) is 5.73 Å². The maximum Gasteiger partial charge on any atom is 0.168 e. The first-order chi connectivity index (χ1) is 8.83. The second-order valence-corrected chi connectivity index (χ2v) is 4.75. The number of nitrogens with two attached hydrogens (primary N) is 1. The molecule has 1 aliphatic rings. The molecule has 0 bridgehead atoms. The van der Waals surface area contributed by atoms with Gasteiger partial charge in [-0.25, -0.2) is 9.50 Å². The Labute approximate surface area is 107 Å². The average Bonchev–Trinajstić information content (AvgIpc) is 3.03. The van der Waals surface area contributed by atoms with Crippen LogP contribution in [0.5, 0.6) is 0 Å². The van der Waals surface area contributed by atoms with Crippen LogP contribution in [0.3, 0.4) is 0 Å². The van der Waals surface area contributed by atoms with Crippen molar-refractivity contribution >= 4 is 5.65 Å². The molecule has 18 heavy (non-hydrogen) atoms. The molecule has 0 aromatic carbocycles. The summed E-state index contributed by atoms with van der Waals surface area (Å²) in [7, 11) is 0. The zero-order chi connectivity index (χ0) is 12.5. The van der Waals surface area contributed by atoms with Crippen molar-refractivity contribution < 1.29 is 0 Å². The predicted octanol–water partition coefficient (Wildman–Crippen LogP) is 1.34. The van der Waals surface area contributed by atoms with Gasteiger partial charge >= 0.3 is 0 Å². The monoisotopic (exact) mass is 245 g/mol. The fraction of sp³-hybridized carbons (Fsp3) is 0.538. The minimum atomic E-state index is 0.375. The fourth-order valence-electron chi connectivity index (χ4n) is 2.77. The van der Waals surface area contributed by atoms with E-state index in [0.29, 0.717) is 12.6 Å². The molecule has 1 saturated heterocycles. The van der Waals surface area contributed by atoms with Gasteiger partial charge in [-0.15, -0.1) is 5.10 Å². The van der Waals surface area contributed by atoms with Gasteiger partial charge < -0.3 is 5.73 Å². The second kappa shape index (κ2) is 4.66. The third-order valence-corrected chi connectivity index (χ3v) is 3.73. The zero-order valence-electron chi connectivity index (χ0n) is 10.7. The highest BCUT2D eigenvalue weighted by atomic mass is 15.3. The van der Waals surface area contributed by atoms with Gasteiger partial charge in [0.15, 0.2) is 11.5 Å². The van der Waals surface area contributed by atoms with E-state index >= 15 is 0 Å². The first-order valence-electron chi connectivity index (χ1n) is 6.62. The molecular weight excluding hydrogens is 226 g/mol. The van der Waals surface area contributed by atoms with Crippen LogP contribution in [-0.4, -0.2) is 32.6 Å². The van der Waals surface area contributed by atoms with E-state index in [9.17, 15) is 0 Å². The van der Waals surface area contributed by atoms with E-state index in [1.54, 1.807) is 0 Å². The highest BCUT2D eigenvalue weighted by Gasteiger charge is 2.28. The highest BCUT2D eigenvalue weighted by Crippen LogP contribution is 2.29. The van der Waals surface area contributed by atoms with Crippen LogP contribution in [0.25, 0.3) is 5.65 Å². The van der Waals surface area contributed by atoms with Crippen LogP contribution in [0.4, 0.5) is 0 Å². The van der Waals surface area contributed by atoms with E-state index in [-0.39, 0.29) is 0 Å². The Bertz CT molecular complexity index is 547. The van der Waals surface area contributed by atoms with Gasteiger partial charge in [0.2, 0.25) is 0 Å². The molecule has 0 saturated carbocycles. The van der Waals surface area contributed by atoms with Crippen molar-refractivity contribution in [1.82, 2.24) is 19.5 Å². The summed E-state index contributed by atoms with van der Waals surface area (Å²) in [6.45, 7) is 4.89. The number of rotatable bonds is 3. The third kappa shape index (κ3) is 1.79. The van der Waals surface area contributed by atoms with Gasteiger partial charge in [-0.1, -0.05) is 13.0 Å². The van der Waals surface area contributed by atoms with Crippen molar-refractivity contribution in [3.63, 3.8) is 0 Å². The lowest BCUT2D eigenvalue weighted by Gasteiger charge is -2.19. The molecule has 2 N–H and O–H groups in total. The standard InChI is InChI=1S/C13H19N5/c1-2-17-8-4-6-11(17)13-15-12-7-3-5-10(9-14)18(12)16-13/h3,5,7,11H,2,4,6,8-9,14H2,1H3. The maximum atomic E-state index is 5.73. The lowest BCUT2D eigenvalue weighted by Crippen LogP contribution is -2.23. The van der Waals surface area contributed by atoms with Crippen LogP contribution in [0.1, 0.15) is 37.3 Å². The van der Waals surface area contributed by atoms with Gasteiger partial charge in [-0.05, 0) is 38.1 Å². The number of aromatic nitrogens is 3. The first-order valence-corrected chi connectivity index (χ1v) is 6.62. The molecule has 0 radical (unpaired) electrons. The molecule has 5 heteroatoms. The first kappa shape index (κ1) is 11.6. The fourth-order valence-corrected chi connectivity index (χ4v) is 2.77. The summed E-state index contributed by atoms with van der Waals surface area (Å²) in [6, 6.07) is 6.35. The van der Waals surface area contributed by atoms with E-state index in [0.717, 1.165) is 36.7 Å². The molecule has 3 rings (SSSR count). The average molecular weight is 245 g/mol. The number of nitrogens with zero attached hydrogens (tertiary/aromatic N) is 4. The summed E-state index contributed by atoms with van der Waals surface area (Å²) < 4.78 is 1.88. The van der Waals surface area contributed by atoms with Crippen molar-refractivity contribution in [3.8, 4) is 0 Å². The molecule has 96 valence electrons. The normalized spacial score (nSPS) is 20.9. The summed E-state index contributed by atoms with van der Waals surface area (Å²) in [5.74, 6) is 0.940. The summed E-state index contributed by atoms with van der Waals surface area (Å²) >= 11 is 0. The minimum Gasteiger partial charge on any atom is -0.325 e. The van der Waals surface area contributed by atoms with Crippen LogP contribution in [0.15, 0.2) is 18.2 Å². The molecule has 2 aromatic heterocycles. The molecule has 0 aliphatic carbocycles. The molecular formula is C13H19N5. The van der Waals surface area contributed by atoms with Crippen LogP contribution >= 0.6 is 0 Å². The Hall–Kier alpha value is -1.46. The van der Waals surface area contributed by atoms with Gasteiger partial charge in [0.05, 0.1) is 11.7 Å². The Morgan fingerprint density at radius 2 is 2.33 bits per heavy atom. The molecule has 1 unspecified atom stereocenters. The van der Waals surface area contributed by atoms with Gasteiger partial charge in [-0.2, -0.15) is 0 Å². The molecule has 5 nitrogen and oxygen atoms in total. The molecule has 0 amide bonds. The van der Waals surface area contributed by atoms with E-state index in [1.807, 2.05) is 22.7 Å². The van der Waals surface area contributed by atoms with Gasteiger partial charge in [0, 0.05) is 6.54 Å². The molecule has 1 atom stereocenters. The number of fused-ring (bicyclic) bond motifs is 1. The van der Waals surface area contributed by atoms with Crippen molar-refractivity contribution in [2.75, 3.05) is 13.1 Å². The Morgan fingerprint density at radius 1 is 1.44 bits per heavy atom. The topological polar surface area (TPSA) is 59.5 Å². The van der Waals surface area contributed by atoms with Crippen LogP contribution in [-0.2, 0) is 6.54 Å². The molecule has 3 heterocycles. The number of hydrogen-bond donors (Lipinski definition) is 1. The lowest BCUT2D eigenvalue weighted by atomic mass is 10.2. The Morgan fingerprint density at radius 3 is 3.11 bits per heavy atom. The number of pyridine rings is 1. The van der Waals surface area contributed by atoms with Crippen LogP contribution in [0.2, 0.25) is 0 Å². The lowest BCUT2D eigenvalue weighted by molar-refractivity contribution is 0.262. The predicted molar refractivity (Wildman–Crippen MR) is 70.1 cm³/mol. The molecule has 0 spiro atoms. The van der Waals surface area contributed by atoms with Crippen molar-refractivity contribution in [3.05, 3.63) is 29.7 Å². The smallest absolute Gasteiger partial charge is 0.168 e. The quantitative estimate of drug-likeness (QED) is 0.886. The third-order valence-electron chi connectivity index (χ3n) is 3.73. The summed E-state index contributed by atoms with van der Waals surface area (Å²) in [4.78, 5) is 7.10. The van der Waals surface area contributed by atoms with E-state index < -0.39 is 0 Å². The van der Waals surface area contributed by atoms with Gasteiger partial charge in [0.1, 0.15) is 0 Å². The zero-order valence-corrected chi connectivity index (χ0v) is 10.7. The Balaban J connectivity index is 2.03. The van der Waals surface area contributed by atoms with Crippen molar-refractivity contribution in [2.45, 2.75) is 32.4 Å². The van der Waals surface area contributed by atoms with Crippen LogP contribution < -0.4 is 5.73 Å². The summed E-state index contributed by atoms with van der Waals surface area (Å²) in [5.41, 5.74) is 7.64. The molecule has 1 fully saturated rings. The number of hydrogen-bond acceptors (Lipinski definition) is 4. The SMILES string of the molecule is CCN1CCCC1c1nc2cccc(CN)n2n1. The number of likely N-dealkylation sites (tertiary alicyclic amines) is 1. The van der Waals surface area contributed by atoms with Crippen molar-refractivity contribution in [1.29, 1.82) is 0 Å². The summed E-state index contributed by atoms with van der Waals surface area (Å²) in [5, 5.41) is 4.65. The van der Waals surface area contributed by atoms with E-state index in [1.165, 1.54) is 6.42 Å². The van der Waals surface area contributed by atoms with E-state index in [2.05, 4.69) is 21.9 Å². The summed E-state index contributed by atoms with van der Waals surface area (Å²) in [6.07, 6.45) is 2.39. The highest BCUT2D eigenvalue weighted by molar-refractivity contribution is 5.39. The Kier molecular flexibility index (Phi) is 3.01. The van der Waals surface area contributed by atoms with Crippen LogP contribution in [0, 0.1) is 0 Å². The molecule has 2 aromatic rings.